The van der Waals surface area contributed by atoms with Crippen molar-refractivity contribution in [2.45, 2.75) is 39.3 Å². The average Bonchev–Trinajstić information content (AvgIpc) is 3.06. The van der Waals surface area contributed by atoms with Gasteiger partial charge >= 0.3 is 0 Å². The first-order chi connectivity index (χ1) is 12.2. The fourth-order valence-corrected chi connectivity index (χ4v) is 3.38. The van der Waals surface area contributed by atoms with Crippen LogP contribution in [-0.2, 0) is 11.3 Å². The number of likely N-dealkylation sites (tertiary alicyclic amines) is 1. The number of ether oxygens (including phenoxy) is 1. The Balaban J connectivity index is 1.98. The van der Waals surface area contributed by atoms with E-state index in [-0.39, 0.29) is 0 Å². The number of aliphatic imine (C=N–C) groups is 1. The van der Waals surface area contributed by atoms with Crippen molar-refractivity contribution in [3.63, 3.8) is 0 Å². The van der Waals surface area contributed by atoms with Crippen LogP contribution in [0.15, 0.2) is 29.3 Å². The SMILES string of the molecule is CCNC(=NCC1CCCN1CCOC)N(C)Cc1ccccc1C. The maximum atomic E-state index is 5.23. The van der Waals surface area contributed by atoms with Gasteiger partial charge in [0.15, 0.2) is 5.96 Å². The summed E-state index contributed by atoms with van der Waals surface area (Å²) >= 11 is 0. The molecule has 2 rings (SSSR count). The number of methoxy groups -OCH3 is 1. The van der Waals surface area contributed by atoms with Crippen molar-refractivity contribution in [2.24, 2.45) is 4.99 Å². The van der Waals surface area contributed by atoms with Gasteiger partial charge in [0.25, 0.3) is 0 Å². The molecule has 0 saturated carbocycles. The van der Waals surface area contributed by atoms with Gasteiger partial charge in [0.05, 0.1) is 13.2 Å². The molecule has 1 aliphatic rings. The van der Waals surface area contributed by atoms with Crippen LogP contribution in [0, 0.1) is 6.92 Å². The molecule has 1 aromatic carbocycles. The number of nitrogens with zero attached hydrogens (tertiary/aromatic N) is 3. The Morgan fingerprint density at radius 3 is 2.92 bits per heavy atom. The summed E-state index contributed by atoms with van der Waals surface area (Å²) in [5, 5.41) is 3.44. The van der Waals surface area contributed by atoms with Gasteiger partial charge in [-0.3, -0.25) is 9.89 Å². The number of guanidine groups is 1. The minimum Gasteiger partial charge on any atom is -0.383 e. The Hall–Kier alpha value is -1.59. The lowest BCUT2D eigenvalue weighted by atomic mass is 10.1. The van der Waals surface area contributed by atoms with E-state index in [0.717, 1.165) is 38.7 Å². The Labute approximate surface area is 153 Å². The van der Waals surface area contributed by atoms with Crippen LogP contribution in [0.1, 0.15) is 30.9 Å². The number of hydrogen-bond acceptors (Lipinski definition) is 3. The van der Waals surface area contributed by atoms with Gasteiger partial charge in [0, 0.05) is 39.8 Å². The van der Waals surface area contributed by atoms with Crippen LogP contribution in [0.25, 0.3) is 0 Å². The topological polar surface area (TPSA) is 40.1 Å². The molecule has 0 aromatic heterocycles. The summed E-state index contributed by atoms with van der Waals surface area (Å²) in [5.41, 5.74) is 2.67. The van der Waals surface area contributed by atoms with Gasteiger partial charge in [-0.25, -0.2) is 0 Å². The van der Waals surface area contributed by atoms with Crippen molar-refractivity contribution in [1.82, 2.24) is 15.1 Å². The predicted molar refractivity (Wildman–Crippen MR) is 105 cm³/mol. The number of aryl methyl sites for hydroxylation is 1. The summed E-state index contributed by atoms with van der Waals surface area (Å²) in [6.07, 6.45) is 2.49. The quantitative estimate of drug-likeness (QED) is 0.580. The van der Waals surface area contributed by atoms with E-state index in [1.807, 2.05) is 0 Å². The van der Waals surface area contributed by atoms with Crippen LogP contribution in [0.4, 0.5) is 0 Å². The second-order valence-corrected chi connectivity index (χ2v) is 6.80. The standard InChI is InChI=1S/C20H34N4O/c1-5-21-20(23(3)16-18-10-7-6-9-17(18)2)22-15-19-11-8-12-24(19)13-14-25-4/h6-7,9-10,19H,5,8,11-16H2,1-4H3,(H,21,22). The molecule has 1 saturated heterocycles. The fraction of sp³-hybridized carbons (Fsp3) is 0.650. The predicted octanol–water partition coefficient (Wildman–Crippen LogP) is 2.50. The molecule has 5 heteroatoms. The summed E-state index contributed by atoms with van der Waals surface area (Å²) in [6, 6.07) is 9.09. The zero-order valence-corrected chi connectivity index (χ0v) is 16.3. The van der Waals surface area contributed by atoms with Crippen molar-refractivity contribution < 1.29 is 4.74 Å². The highest BCUT2D eigenvalue weighted by Crippen LogP contribution is 2.17. The molecule has 5 nitrogen and oxygen atoms in total. The molecule has 1 aliphatic heterocycles. The zero-order chi connectivity index (χ0) is 18.1. The summed E-state index contributed by atoms with van der Waals surface area (Å²) in [6.45, 7) is 9.87. The van der Waals surface area contributed by atoms with E-state index in [1.165, 1.54) is 30.5 Å². The van der Waals surface area contributed by atoms with Gasteiger partial charge in [0.1, 0.15) is 0 Å². The smallest absolute Gasteiger partial charge is 0.194 e. The molecular formula is C20H34N4O. The second kappa shape index (κ2) is 10.4. The Bertz CT molecular complexity index is 546. The van der Waals surface area contributed by atoms with Gasteiger partial charge in [-0.15, -0.1) is 0 Å². The van der Waals surface area contributed by atoms with Crippen molar-refractivity contribution in [1.29, 1.82) is 0 Å². The maximum Gasteiger partial charge on any atom is 0.194 e. The van der Waals surface area contributed by atoms with E-state index in [1.54, 1.807) is 7.11 Å². The molecule has 0 spiro atoms. The molecule has 0 amide bonds. The zero-order valence-electron chi connectivity index (χ0n) is 16.3. The average molecular weight is 347 g/mol. The van der Waals surface area contributed by atoms with Crippen molar-refractivity contribution >= 4 is 5.96 Å². The molecular weight excluding hydrogens is 312 g/mol. The van der Waals surface area contributed by atoms with Gasteiger partial charge in [-0.05, 0) is 44.4 Å². The Kier molecular flexibility index (Phi) is 8.22. The maximum absolute atomic E-state index is 5.23. The summed E-state index contributed by atoms with van der Waals surface area (Å²) < 4.78 is 5.23. The first-order valence-corrected chi connectivity index (χ1v) is 9.42. The van der Waals surface area contributed by atoms with E-state index >= 15 is 0 Å². The molecule has 1 heterocycles. The number of rotatable bonds is 8. The largest absolute Gasteiger partial charge is 0.383 e. The van der Waals surface area contributed by atoms with Gasteiger partial charge < -0.3 is 15.0 Å². The van der Waals surface area contributed by atoms with E-state index < -0.39 is 0 Å². The highest BCUT2D eigenvalue weighted by molar-refractivity contribution is 5.79. The van der Waals surface area contributed by atoms with E-state index in [4.69, 9.17) is 9.73 Å². The van der Waals surface area contributed by atoms with Crippen LogP contribution in [0.2, 0.25) is 0 Å². The third kappa shape index (κ3) is 6.01. The lowest BCUT2D eigenvalue weighted by molar-refractivity contribution is 0.142. The Morgan fingerprint density at radius 2 is 2.20 bits per heavy atom. The lowest BCUT2D eigenvalue weighted by Gasteiger charge is -2.26. The second-order valence-electron chi connectivity index (χ2n) is 6.80. The van der Waals surface area contributed by atoms with E-state index in [9.17, 15) is 0 Å². The Morgan fingerprint density at radius 1 is 1.40 bits per heavy atom. The van der Waals surface area contributed by atoms with E-state index in [0.29, 0.717) is 6.04 Å². The highest BCUT2D eigenvalue weighted by Gasteiger charge is 2.24. The number of hydrogen-bond donors (Lipinski definition) is 1. The molecule has 25 heavy (non-hydrogen) atoms. The molecule has 0 radical (unpaired) electrons. The first kappa shape index (κ1) is 19.7. The summed E-state index contributed by atoms with van der Waals surface area (Å²) in [4.78, 5) is 9.66. The minimum absolute atomic E-state index is 0.538. The molecule has 1 N–H and O–H groups in total. The highest BCUT2D eigenvalue weighted by atomic mass is 16.5. The summed E-state index contributed by atoms with van der Waals surface area (Å²) in [5.74, 6) is 0.990. The molecule has 1 aromatic rings. The van der Waals surface area contributed by atoms with Gasteiger partial charge in [0.2, 0.25) is 0 Å². The molecule has 0 aliphatic carbocycles. The van der Waals surface area contributed by atoms with Gasteiger partial charge in [-0.2, -0.15) is 0 Å². The van der Waals surface area contributed by atoms with Crippen LogP contribution in [0.5, 0.6) is 0 Å². The third-order valence-electron chi connectivity index (χ3n) is 4.90. The fourth-order valence-electron chi connectivity index (χ4n) is 3.38. The third-order valence-corrected chi connectivity index (χ3v) is 4.90. The number of nitrogens with one attached hydrogen (secondary N) is 1. The van der Waals surface area contributed by atoms with Crippen LogP contribution in [0.3, 0.4) is 0 Å². The molecule has 140 valence electrons. The van der Waals surface area contributed by atoms with Crippen LogP contribution < -0.4 is 5.32 Å². The minimum atomic E-state index is 0.538. The van der Waals surface area contributed by atoms with E-state index in [2.05, 4.69) is 60.3 Å². The van der Waals surface area contributed by atoms with Crippen molar-refractivity contribution in [3.8, 4) is 0 Å². The summed E-state index contributed by atoms with van der Waals surface area (Å²) in [7, 11) is 3.89. The lowest BCUT2D eigenvalue weighted by Crippen LogP contribution is -2.40. The van der Waals surface area contributed by atoms with Gasteiger partial charge in [-0.1, -0.05) is 24.3 Å². The molecule has 1 atom stereocenters. The molecule has 1 fully saturated rings. The normalized spacial score (nSPS) is 18.6. The first-order valence-electron chi connectivity index (χ1n) is 9.42. The monoisotopic (exact) mass is 346 g/mol. The molecule has 0 bridgehead atoms. The molecule has 1 unspecified atom stereocenters. The van der Waals surface area contributed by atoms with Crippen molar-refractivity contribution in [3.05, 3.63) is 35.4 Å². The van der Waals surface area contributed by atoms with Crippen LogP contribution >= 0.6 is 0 Å². The van der Waals surface area contributed by atoms with Crippen molar-refractivity contribution in [2.75, 3.05) is 46.9 Å². The number of benzene rings is 1. The van der Waals surface area contributed by atoms with Crippen LogP contribution in [-0.4, -0.2) is 68.7 Å².